The summed E-state index contributed by atoms with van der Waals surface area (Å²) in [5.41, 5.74) is 7.99. The van der Waals surface area contributed by atoms with Crippen molar-refractivity contribution in [3.63, 3.8) is 0 Å². The fourth-order valence-corrected chi connectivity index (χ4v) is 4.41. The van der Waals surface area contributed by atoms with Crippen LogP contribution in [0.25, 0.3) is 0 Å². The van der Waals surface area contributed by atoms with Crippen LogP contribution in [0.2, 0.25) is 0 Å². The first-order valence-electron chi connectivity index (χ1n) is 14.1. The second-order valence-electron chi connectivity index (χ2n) is 11.3. The fourth-order valence-electron chi connectivity index (χ4n) is 3.71. The first-order chi connectivity index (χ1) is 17.2. The van der Waals surface area contributed by atoms with E-state index in [-0.39, 0.29) is 0 Å². The van der Waals surface area contributed by atoms with E-state index in [9.17, 15) is 8.42 Å². The van der Waals surface area contributed by atoms with Gasteiger partial charge in [0.15, 0.2) is 0 Å². The lowest BCUT2D eigenvalue weighted by Gasteiger charge is -2.16. The van der Waals surface area contributed by atoms with Crippen molar-refractivity contribution < 1.29 is 12.6 Å². The normalized spacial score (nSPS) is 14.7. The summed E-state index contributed by atoms with van der Waals surface area (Å²) in [6, 6.07) is 0. The summed E-state index contributed by atoms with van der Waals surface area (Å²) in [7, 11) is -3.59. The Bertz CT molecular complexity index is 946. The molecular formula is C33H56O3S. The Morgan fingerprint density at radius 2 is 0.973 bits per heavy atom. The Morgan fingerprint density at radius 1 is 0.595 bits per heavy atom. The third-order valence-corrected chi connectivity index (χ3v) is 7.92. The summed E-state index contributed by atoms with van der Waals surface area (Å²) in [6.07, 6.45) is 21.6. The molecule has 4 heteroatoms. The lowest BCUT2D eigenvalue weighted by atomic mass is 10.0. The van der Waals surface area contributed by atoms with Gasteiger partial charge in [0.1, 0.15) is 0 Å². The van der Waals surface area contributed by atoms with E-state index in [1.165, 1.54) is 33.4 Å². The molecule has 0 radical (unpaired) electrons. The largest absolute Gasteiger partial charge is 0.270 e. The second kappa shape index (κ2) is 19.4. The van der Waals surface area contributed by atoms with Crippen LogP contribution in [-0.2, 0) is 14.3 Å². The van der Waals surface area contributed by atoms with Gasteiger partial charge >= 0.3 is 0 Å². The maximum Gasteiger partial charge on any atom is 0.270 e. The van der Waals surface area contributed by atoms with Crippen LogP contribution in [0.1, 0.15) is 127 Å². The van der Waals surface area contributed by atoms with Gasteiger partial charge in [0.25, 0.3) is 10.1 Å². The molecule has 37 heavy (non-hydrogen) atoms. The zero-order valence-electron chi connectivity index (χ0n) is 25.6. The van der Waals surface area contributed by atoms with E-state index in [0.29, 0.717) is 6.42 Å². The zero-order valence-corrected chi connectivity index (χ0v) is 26.4. The van der Waals surface area contributed by atoms with Crippen molar-refractivity contribution in [2.75, 3.05) is 0 Å². The molecule has 1 atom stereocenters. The van der Waals surface area contributed by atoms with Crippen LogP contribution < -0.4 is 0 Å². The number of hydrogen-bond acceptors (Lipinski definition) is 3. The first kappa shape index (κ1) is 35.4. The molecular weight excluding hydrogens is 476 g/mol. The predicted octanol–water partition coefficient (Wildman–Crippen LogP) is 10.3. The Morgan fingerprint density at radius 3 is 1.38 bits per heavy atom. The van der Waals surface area contributed by atoms with Gasteiger partial charge in [-0.05, 0) is 127 Å². The Balaban J connectivity index is 5.11. The first-order valence-corrected chi connectivity index (χ1v) is 15.5. The Kier molecular flexibility index (Phi) is 18.6. The number of hydrogen-bond donors (Lipinski definition) is 0. The lowest BCUT2D eigenvalue weighted by Crippen LogP contribution is -2.23. The van der Waals surface area contributed by atoms with Crippen LogP contribution in [0, 0.1) is 0 Å². The molecule has 0 aliphatic heterocycles. The molecule has 1 unspecified atom stereocenters. The molecule has 0 aliphatic carbocycles. The van der Waals surface area contributed by atoms with Gasteiger partial charge in [0.05, 0.1) is 11.4 Å². The van der Waals surface area contributed by atoms with Gasteiger partial charge in [-0.25, -0.2) is 0 Å². The number of rotatable bonds is 18. The molecule has 0 N–H and O–H groups in total. The summed E-state index contributed by atoms with van der Waals surface area (Å²) < 4.78 is 30.6. The molecule has 0 amide bonds. The quantitative estimate of drug-likeness (QED) is 0.130. The molecule has 0 spiro atoms. The third kappa shape index (κ3) is 20.0. The molecule has 0 aromatic carbocycles. The average Bonchev–Trinajstić information content (AvgIpc) is 2.76. The molecule has 0 saturated heterocycles. The highest BCUT2D eigenvalue weighted by molar-refractivity contribution is 7.87. The predicted molar refractivity (Wildman–Crippen MR) is 164 cm³/mol. The average molecular weight is 533 g/mol. The highest BCUT2D eigenvalue weighted by atomic mass is 32.2. The molecule has 212 valence electrons. The van der Waals surface area contributed by atoms with Crippen molar-refractivity contribution in [3.05, 3.63) is 69.9 Å². The summed E-state index contributed by atoms with van der Waals surface area (Å²) in [6.45, 7) is 20.5. The van der Waals surface area contributed by atoms with Crippen molar-refractivity contribution in [3.8, 4) is 0 Å². The van der Waals surface area contributed by atoms with Crippen molar-refractivity contribution in [2.45, 2.75) is 138 Å². The summed E-state index contributed by atoms with van der Waals surface area (Å²) >= 11 is 0. The van der Waals surface area contributed by atoms with Gasteiger partial charge in [-0.2, -0.15) is 8.42 Å². The van der Waals surface area contributed by atoms with Gasteiger partial charge in [-0.1, -0.05) is 69.9 Å². The Hall–Kier alpha value is -1.65. The van der Waals surface area contributed by atoms with Crippen LogP contribution in [0.15, 0.2) is 69.9 Å². The highest BCUT2D eigenvalue weighted by Crippen LogP contribution is 2.19. The summed E-state index contributed by atoms with van der Waals surface area (Å²) in [4.78, 5) is 0. The highest BCUT2D eigenvalue weighted by Gasteiger charge is 2.21. The van der Waals surface area contributed by atoms with Gasteiger partial charge in [-0.3, -0.25) is 4.18 Å². The van der Waals surface area contributed by atoms with Crippen molar-refractivity contribution in [1.82, 2.24) is 0 Å². The van der Waals surface area contributed by atoms with E-state index in [2.05, 4.69) is 85.8 Å². The van der Waals surface area contributed by atoms with E-state index in [0.717, 1.165) is 51.4 Å². The minimum atomic E-state index is -3.59. The van der Waals surface area contributed by atoms with Crippen LogP contribution in [0.4, 0.5) is 0 Å². The molecule has 0 aromatic rings. The lowest BCUT2D eigenvalue weighted by molar-refractivity contribution is 0.254. The topological polar surface area (TPSA) is 43.4 Å². The van der Waals surface area contributed by atoms with E-state index in [1.54, 1.807) is 13.8 Å². The minimum Gasteiger partial charge on any atom is -0.262 e. The molecule has 0 aliphatic rings. The van der Waals surface area contributed by atoms with Crippen LogP contribution in [-0.4, -0.2) is 19.8 Å². The maximum atomic E-state index is 12.5. The van der Waals surface area contributed by atoms with Crippen molar-refractivity contribution >= 4 is 10.1 Å². The molecule has 0 aromatic heterocycles. The van der Waals surface area contributed by atoms with Crippen molar-refractivity contribution in [1.29, 1.82) is 0 Å². The molecule has 0 saturated carbocycles. The SMILES string of the molecule is CC(C)=CCCC(C)=CCCC(C)=CCC(C=C(C)CCC=C(C)CCC=C(C)C)OS(=O)(=O)C(C)C. The van der Waals surface area contributed by atoms with Crippen LogP contribution >= 0.6 is 0 Å². The van der Waals surface area contributed by atoms with Crippen molar-refractivity contribution in [2.24, 2.45) is 0 Å². The molecule has 0 rings (SSSR count). The van der Waals surface area contributed by atoms with Gasteiger partial charge < -0.3 is 0 Å². The van der Waals surface area contributed by atoms with Crippen LogP contribution in [0.5, 0.6) is 0 Å². The summed E-state index contributed by atoms with van der Waals surface area (Å²) in [5, 5.41) is -0.556. The minimum absolute atomic E-state index is 0.466. The van der Waals surface area contributed by atoms with E-state index in [4.69, 9.17) is 4.18 Å². The summed E-state index contributed by atoms with van der Waals surface area (Å²) in [5.74, 6) is 0. The molecule has 0 bridgehead atoms. The zero-order chi connectivity index (χ0) is 28.4. The smallest absolute Gasteiger partial charge is 0.262 e. The molecule has 0 heterocycles. The second-order valence-corrected chi connectivity index (χ2v) is 13.4. The molecule has 3 nitrogen and oxygen atoms in total. The number of allylic oxidation sites excluding steroid dienone is 10. The maximum absolute atomic E-state index is 12.5. The van der Waals surface area contributed by atoms with E-state index >= 15 is 0 Å². The van der Waals surface area contributed by atoms with E-state index in [1.807, 2.05) is 6.08 Å². The van der Waals surface area contributed by atoms with Gasteiger partial charge in [0, 0.05) is 0 Å². The monoisotopic (exact) mass is 532 g/mol. The standard InChI is InChI=1S/C33H56O3S/c1-26(2)15-11-17-29(7)19-13-21-31(9)23-24-33(36-37(34,35)28(5)6)25-32(10)22-14-20-30(8)18-12-16-27(3)4/h15-16,19-20,23,25,28,33H,11-14,17-18,21-22,24H2,1-10H3. The van der Waals surface area contributed by atoms with Crippen LogP contribution in [0.3, 0.4) is 0 Å². The third-order valence-electron chi connectivity index (χ3n) is 6.25. The van der Waals surface area contributed by atoms with E-state index < -0.39 is 21.5 Å². The van der Waals surface area contributed by atoms with Gasteiger partial charge in [-0.15, -0.1) is 0 Å². The molecule has 0 fully saturated rings. The van der Waals surface area contributed by atoms with Gasteiger partial charge in [0.2, 0.25) is 0 Å². The Labute approximate surface area is 230 Å². The fraction of sp³-hybridized carbons (Fsp3) is 0.636.